The van der Waals surface area contributed by atoms with Crippen molar-refractivity contribution in [3.63, 3.8) is 0 Å². The third kappa shape index (κ3) is 5.51. The second-order valence-electron chi connectivity index (χ2n) is 10.5. The summed E-state index contributed by atoms with van der Waals surface area (Å²) in [6, 6.07) is 7.73. The SMILES string of the molecule is CNC(=O)[C@@H](NC(=O)c1nc(-c2ccc(N3CCOCC3)cc2)n2c1CN(C)CCC2)C(C)(C)C. The van der Waals surface area contributed by atoms with E-state index in [9.17, 15) is 9.59 Å². The standard InChI is InChI=1S/C26H38N6O3/c1-26(2,3)22(25(34)27-4)29-24(33)21-20-17-30(5)11-6-12-32(20)23(28-21)18-7-9-19(10-8-18)31-13-15-35-16-14-31/h7-10,22H,6,11-17H2,1-5H3,(H,27,34)(H,29,33)/t22-/m1/s1. The monoisotopic (exact) mass is 482 g/mol. The van der Waals surface area contributed by atoms with E-state index in [1.165, 1.54) is 0 Å². The minimum absolute atomic E-state index is 0.216. The first-order valence-electron chi connectivity index (χ1n) is 12.4. The zero-order valence-corrected chi connectivity index (χ0v) is 21.6. The van der Waals surface area contributed by atoms with Gasteiger partial charge in [-0.05, 0) is 49.7 Å². The number of likely N-dealkylation sites (N-methyl/N-ethyl adjacent to an activating group) is 1. The van der Waals surface area contributed by atoms with E-state index in [4.69, 9.17) is 9.72 Å². The number of ether oxygens (including phenoxy) is 1. The zero-order valence-electron chi connectivity index (χ0n) is 21.6. The van der Waals surface area contributed by atoms with E-state index in [0.717, 1.165) is 68.6 Å². The number of aromatic nitrogens is 2. The minimum Gasteiger partial charge on any atom is -0.378 e. The maximum absolute atomic E-state index is 13.5. The Morgan fingerprint density at radius 1 is 1.06 bits per heavy atom. The average Bonchev–Trinajstić information content (AvgIpc) is 3.08. The number of nitrogens with one attached hydrogen (secondary N) is 2. The molecule has 0 aliphatic carbocycles. The average molecular weight is 483 g/mol. The molecule has 2 aliphatic rings. The molecule has 2 amide bonds. The summed E-state index contributed by atoms with van der Waals surface area (Å²) < 4.78 is 7.65. The number of nitrogens with zero attached hydrogens (tertiary/aromatic N) is 4. The van der Waals surface area contributed by atoms with Gasteiger partial charge in [0.25, 0.3) is 5.91 Å². The summed E-state index contributed by atoms with van der Waals surface area (Å²) in [6.07, 6.45) is 0.975. The molecule has 0 saturated carbocycles. The molecule has 2 aliphatic heterocycles. The lowest BCUT2D eigenvalue weighted by atomic mass is 9.86. The summed E-state index contributed by atoms with van der Waals surface area (Å²) in [5, 5.41) is 5.63. The van der Waals surface area contributed by atoms with Gasteiger partial charge in [-0.25, -0.2) is 4.98 Å². The molecule has 1 fully saturated rings. The molecule has 3 heterocycles. The first-order chi connectivity index (χ1) is 16.7. The fourth-order valence-corrected chi connectivity index (χ4v) is 4.79. The second-order valence-corrected chi connectivity index (χ2v) is 10.5. The molecule has 1 atom stereocenters. The molecule has 1 aromatic heterocycles. The van der Waals surface area contributed by atoms with Gasteiger partial charge in [0.15, 0.2) is 5.69 Å². The van der Waals surface area contributed by atoms with Crippen LogP contribution in [0.15, 0.2) is 24.3 Å². The number of morpholine rings is 1. The van der Waals surface area contributed by atoms with E-state index in [1.807, 2.05) is 20.8 Å². The van der Waals surface area contributed by atoms with Gasteiger partial charge in [0.2, 0.25) is 5.91 Å². The predicted octanol–water partition coefficient (Wildman–Crippen LogP) is 2.11. The Kier molecular flexibility index (Phi) is 7.47. The number of carbonyl (C=O) groups excluding carboxylic acids is 2. The maximum atomic E-state index is 13.5. The lowest BCUT2D eigenvalue weighted by Crippen LogP contribution is -2.53. The predicted molar refractivity (Wildman–Crippen MR) is 136 cm³/mol. The Morgan fingerprint density at radius 3 is 2.37 bits per heavy atom. The Balaban J connectivity index is 1.68. The van der Waals surface area contributed by atoms with E-state index in [2.05, 4.69) is 56.3 Å². The molecule has 0 bridgehead atoms. The van der Waals surface area contributed by atoms with Crippen molar-refractivity contribution in [3.8, 4) is 11.4 Å². The van der Waals surface area contributed by atoms with Crippen LogP contribution in [0.5, 0.6) is 0 Å². The van der Waals surface area contributed by atoms with Crippen molar-refractivity contribution in [2.24, 2.45) is 5.41 Å². The van der Waals surface area contributed by atoms with Gasteiger partial charge in [-0.3, -0.25) is 9.59 Å². The highest BCUT2D eigenvalue weighted by molar-refractivity contribution is 5.97. The van der Waals surface area contributed by atoms with Crippen molar-refractivity contribution in [2.45, 2.75) is 46.3 Å². The van der Waals surface area contributed by atoms with Crippen molar-refractivity contribution in [2.75, 3.05) is 51.8 Å². The molecule has 2 N–H and O–H groups in total. The van der Waals surface area contributed by atoms with Crippen LogP contribution in [0.1, 0.15) is 43.4 Å². The quantitative estimate of drug-likeness (QED) is 0.678. The molecule has 9 heteroatoms. The first-order valence-corrected chi connectivity index (χ1v) is 12.4. The normalized spacial score (nSPS) is 17.9. The van der Waals surface area contributed by atoms with Crippen LogP contribution in [-0.4, -0.2) is 79.3 Å². The summed E-state index contributed by atoms with van der Waals surface area (Å²) in [4.78, 5) is 35.4. The lowest BCUT2D eigenvalue weighted by molar-refractivity contribution is -0.124. The van der Waals surface area contributed by atoms with Crippen molar-refractivity contribution < 1.29 is 14.3 Å². The number of hydrogen-bond acceptors (Lipinski definition) is 6. The van der Waals surface area contributed by atoms with Gasteiger partial charge in [0, 0.05) is 44.5 Å². The topological polar surface area (TPSA) is 91.7 Å². The Labute approximate surface area is 207 Å². The van der Waals surface area contributed by atoms with Gasteiger partial charge in [0.05, 0.1) is 18.9 Å². The molecule has 1 saturated heterocycles. The highest BCUT2D eigenvalue weighted by Crippen LogP contribution is 2.29. The Bertz CT molecular complexity index is 1050. The summed E-state index contributed by atoms with van der Waals surface area (Å²) in [5.74, 6) is 0.261. The van der Waals surface area contributed by atoms with E-state index < -0.39 is 11.5 Å². The molecular formula is C26H38N6O3. The van der Waals surface area contributed by atoms with Gasteiger partial charge >= 0.3 is 0 Å². The van der Waals surface area contributed by atoms with Crippen molar-refractivity contribution in [1.82, 2.24) is 25.1 Å². The van der Waals surface area contributed by atoms with E-state index in [1.54, 1.807) is 7.05 Å². The van der Waals surface area contributed by atoms with Crippen LogP contribution in [0.3, 0.4) is 0 Å². The van der Waals surface area contributed by atoms with Crippen LogP contribution in [0, 0.1) is 5.41 Å². The van der Waals surface area contributed by atoms with E-state index >= 15 is 0 Å². The fourth-order valence-electron chi connectivity index (χ4n) is 4.79. The summed E-state index contributed by atoms with van der Waals surface area (Å²) in [7, 11) is 3.65. The highest BCUT2D eigenvalue weighted by atomic mass is 16.5. The smallest absolute Gasteiger partial charge is 0.272 e. The second kappa shape index (κ2) is 10.4. The van der Waals surface area contributed by atoms with Crippen LogP contribution < -0.4 is 15.5 Å². The van der Waals surface area contributed by atoms with Gasteiger partial charge in [-0.15, -0.1) is 0 Å². The summed E-state index contributed by atoms with van der Waals surface area (Å²) in [5.41, 5.74) is 2.98. The first kappa shape index (κ1) is 25.2. The number of amides is 2. The summed E-state index contributed by atoms with van der Waals surface area (Å²) in [6.45, 7) is 11.4. The molecule has 4 rings (SSSR count). The zero-order chi connectivity index (χ0) is 25.2. The molecule has 0 spiro atoms. The molecule has 190 valence electrons. The van der Waals surface area contributed by atoms with Crippen molar-refractivity contribution in [3.05, 3.63) is 35.7 Å². The number of hydrogen-bond donors (Lipinski definition) is 2. The number of rotatable bonds is 5. The maximum Gasteiger partial charge on any atom is 0.272 e. The van der Waals surface area contributed by atoms with E-state index in [-0.39, 0.29) is 11.8 Å². The third-order valence-corrected chi connectivity index (χ3v) is 6.78. The van der Waals surface area contributed by atoms with Crippen LogP contribution in [-0.2, 0) is 22.6 Å². The number of fused-ring (bicyclic) bond motifs is 1. The largest absolute Gasteiger partial charge is 0.378 e. The number of benzene rings is 1. The summed E-state index contributed by atoms with van der Waals surface area (Å²) >= 11 is 0. The Morgan fingerprint density at radius 2 is 1.74 bits per heavy atom. The number of imidazole rings is 1. The van der Waals surface area contributed by atoms with Crippen LogP contribution in [0.4, 0.5) is 5.69 Å². The molecule has 2 aromatic rings. The fraction of sp³-hybridized carbons (Fsp3) is 0.577. The van der Waals surface area contributed by atoms with Crippen LogP contribution in [0.25, 0.3) is 11.4 Å². The highest BCUT2D eigenvalue weighted by Gasteiger charge is 2.34. The minimum atomic E-state index is -0.669. The molecule has 9 nitrogen and oxygen atoms in total. The van der Waals surface area contributed by atoms with Crippen LogP contribution in [0.2, 0.25) is 0 Å². The third-order valence-electron chi connectivity index (χ3n) is 6.78. The Hall–Kier alpha value is -2.91. The van der Waals surface area contributed by atoms with Gasteiger partial charge in [-0.2, -0.15) is 0 Å². The van der Waals surface area contributed by atoms with Gasteiger partial charge in [-0.1, -0.05) is 20.8 Å². The number of anilines is 1. The van der Waals surface area contributed by atoms with E-state index in [0.29, 0.717) is 12.2 Å². The molecule has 0 unspecified atom stereocenters. The van der Waals surface area contributed by atoms with Gasteiger partial charge < -0.3 is 29.7 Å². The van der Waals surface area contributed by atoms with Crippen LogP contribution >= 0.6 is 0 Å². The number of carbonyl (C=O) groups is 2. The molecule has 1 aromatic carbocycles. The lowest BCUT2D eigenvalue weighted by Gasteiger charge is -2.29. The van der Waals surface area contributed by atoms with Crippen molar-refractivity contribution >= 4 is 17.5 Å². The molecule has 0 radical (unpaired) electrons. The van der Waals surface area contributed by atoms with Crippen molar-refractivity contribution in [1.29, 1.82) is 0 Å². The molecule has 35 heavy (non-hydrogen) atoms. The van der Waals surface area contributed by atoms with Gasteiger partial charge in [0.1, 0.15) is 11.9 Å². The molecular weight excluding hydrogens is 444 g/mol.